The highest BCUT2D eigenvalue weighted by Gasteiger charge is 1.83. The summed E-state index contributed by atoms with van der Waals surface area (Å²) in [6.45, 7) is 3.83. The standard InChI is InChI=1S/2C6H8N2/c2*1-5-3-2-4-6(7)8-5/h2*2-4H,1H3,(H2,7,8). The molecule has 0 atom stereocenters. The van der Waals surface area contributed by atoms with Gasteiger partial charge in [0.25, 0.3) is 0 Å². The molecule has 0 aromatic carbocycles. The van der Waals surface area contributed by atoms with Crippen LogP contribution >= 0.6 is 0 Å². The van der Waals surface area contributed by atoms with E-state index in [1.54, 1.807) is 12.1 Å². The molecule has 2 heterocycles. The van der Waals surface area contributed by atoms with Crippen LogP contribution < -0.4 is 11.5 Å². The van der Waals surface area contributed by atoms with E-state index in [0.717, 1.165) is 11.4 Å². The van der Waals surface area contributed by atoms with Gasteiger partial charge in [-0.2, -0.15) is 0 Å². The number of hydrogen-bond acceptors (Lipinski definition) is 4. The van der Waals surface area contributed by atoms with Gasteiger partial charge in [0.2, 0.25) is 0 Å². The molecule has 2 rings (SSSR count). The molecule has 0 saturated heterocycles. The number of rotatable bonds is 0. The van der Waals surface area contributed by atoms with Crippen molar-refractivity contribution in [2.24, 2.45) is 0 Å². The molecule has 0 aliphatic heterocycles. The minimum atomic E-state index is 0.588. The Labute approximate surface area is 95.3 Å². The number of anilines is 2. The Bertz CT molecular complexity index is 376. The first kappa shape index (κ1) is 12.0. The molecule has 2 aromatic heterocycles. The first-order valence-electron chi connectivity index (χ1n) is 4.96. The van der Waals surface area contributed by atoms with Crippen molar-refractivity contribution in [3.63, 3.8) is 0 Å². The summed E-state index contributed by atoms with van der Waals surface area (Å²) in [4.78, 5) is 7.90. The van der Waals surface area contributed by atoms with Crippen molar-refractivity contribution in [2.45, 2.75) is 13.8 Å². The molecule has 0 aliphatic rings. The summed E-state index contributed by atoms with van der Waals surface area (Å²) in [5, 5.41) is 0. The fourth-order valence-electron chi connectivity index (χ4n) is 1.13. The van der Waals surface area contributed by atoms with Crippen LogP contribution in [-0.2, 0) is 0 Å². The van der Waals surface area contributed by atoms with Gasteiger partial charge in [-0.25, -0.2) is 9.97 Å². The topological polar surface area (TPSA) is 77.8 Å². The van der Waals surface area contributed by atoms with Crippen LogP contribution in [0.2, 0.25) is 0 Å². The van der Waals surface area contributed by atoms with Crippen molar-refractivity contribution < 1.29 is 0 Å². The van der Waals surface area contributed by atoms with Gasteiger partial charge >= 0.3 is 0 Å². The Morgan fingerprint density at radius 1 is 0.750 bits per heavy atom. The molecule has 16 heavy (non-hydrogen) atoms. The van der Waals surface area contributed by atoms with E-state index in [4.69, 9.17) is 11.5 Å². The van der Waals surface area contributed by atoms with E-state index in [0.29, 0.717) is 11.6 Å². The Kier molecular flexibility index (Phi) is 4.27. The molecule has 0 radical (unpaired) electrons. The first-order chi connectivity index (χ1) is 7.58. The Morgan fingerprint density at radius 3 is 1.31 bits per heavy atom. The average Bonchev–Trinajstić information content (AvgIpc) is 2.17. The monoisotopic (exact) mass is 216 g/mol. The predicted molar refractivity (Wildman–Crippen MR) is 66.8 cm³/mol. The third kappa shape index (κ3) is 4.41. The summed E-state index contributed by atoms with van der Waals surface area (Å²) in [6, 6.07) is 11.1. The largest absolute Gasteiger partial charge is 0.384 e. The van der Waals surface area contributed by atoms with E-state index < -0.39 is 0 Å². The highest BCUT2D eigenvalue weighted by Crippen LogP contribution is 1.97. The SMILES string of the molecule is Cc1cccc(N)n1.Cc1cccc(N)n1. The van der Waals surface area contributed by atoms with E-state index >= 15 is 0 Å². The van der Waals surface area contributed by atoms with Crippen molar-refractivity contribution in [1.29, 1.82) is 0 Å². The molecular weight excluding hydrogens is 200 g/mol. The fraction of sp³-hybridized carbons (Fsp3) is 0.167. The normalized spacial score (nSPS) is 9.12. The summed E-state index contributed by atoms with van der Waals surface area (Å²) < 4.78 is 0. The second-order valence-electron chi connectivity index (χ2n) is 3.41. The maximum Gasteiger partial charge on any atom is 0.123 e. The zero-order valence-electron chi connectivity index (χ0n) is 9.51. The highest BCUT2D eigenvalue weighted by molar-refractivity contribution is 5.28. The third-order valence-electron chi connectivity index (χ3n) is 1.82. The summed E-state index contributed by atoms with van der Waals surface area (Å²) in [6.07, 6.45) is 0. The molecule has 0 aliphatic carbocycles. The van der Waals surface area contributed by atoms with Crippen LogP contribution in [0.3, 0.4) is 0 Å². The van der Waals surface area contributed by atoms with Crippen molar-refractivity contribution in [1.82, 2.24) is 9.97 Å². The van der Waals surface area contributed by atoms with Crippen molar-refractivity contribution in [2.75, 3.05) is 11.5 Å². The highest BCUT2D eigenvalue weighted by atomic mass is 14.8. The predicted octanol–water partition coefficient (Wildman–Crippen LogP) is 1.94. The van der Waals surface area contributed by atoms with E-state index in [1.807, 2.05) is 38.1 Å². The quantitative estimate of drug-likeness (QED) is 0.705. The molecule has 2 aromatic rings. The molecule has 0 unspecified atom stereocenters. The van der Waals surface area contributed by atoms with E-state index in [1.165, 1.54) is 0 Å². The van der Waals surface area contributed by atoms with Gasteiger partial charge in [0.1, 0.15) is 11.6 Å². The zero-order chi connectivity index (χ0) is 12.0. The van der Waals surface area contributed by atoms with Gasteiger partial charge in [-0.15, -0.1) is 0 Å². The lowest BCUT2D eigenvalue weighted by molar-refractivity contribution is 1.21. The summed E-state index contributed by atoms with van der Waals surface area (Å²) >= 11 is 0. The lowest BCUT2D eigenvalue weighted by Crippen LogP contribution is -1.89. The molecule has 84 valence electrons. The van der Waals surface area contributed by atoms with E-state index in [9.17, 15) is 0 Å². The molecule has 0 amide bonds. The molecule has 4 N–H and O–H groups in total. The summed E-state index contributed by atoms with van der Waals surface area (Å²) in [5.74, 6) is 1.18. The fourth-order valence-corrected chi connectivity index (χ4v) is 1.13. The van der Waals surface area contributed by atoms with E-state index in [-0.39, 0.29) is 0 Å². The van der Waals surface area contributed by atoms with Crippen LogP contribution in [0.1, 0.15) is 11.4 Å². The maximum absolute atomic E-state index is 5.35. The molecule has 0 spiro atoms. The van der Waals surface area contributed by atoms with Crippen LogP contribution in [0.5, 0.6) is 0 Å². The van der Waals surface area contributed by atoms with Crippen LogP contribution in [0.4, 0.5) is 11.6 Å². The minimum Gasteiger partial charge on any atom is -0.384 e. The van der Waals surface area contributed by atoms with Crippen molar-refractivity contribution >= 4 is 11.6 Å². The lowest BCUT2D eigenvalue weighted by Gasteiger charge is -1.90. The molecule has 0 fully saturated rings. The van der Waals surface area contributed by atoms with Gasteiger partial charge in [0, 0.05) is 11.4 Å². The Morgan fingerprint density at radius 2 is 1.12 bits per heavy atom. The van der Waals surface area contributed by atoms with Gasteiger partial charge < -0.3 is 11.5 Å². The number of nitrogens with zero attached hydrogens (tertiary/aromatic N) is 2. The van der Waals surface area contributed by atoms with Gasteiger partial charge in [-0.05, 0) is 38.1 Å². The van der Waals surface area contributed by atoms with E-state index in [2.05, 4.69) is 9.97 Å². The third-order valence-corrected chi connectivity index (χ3v) is 1.82. The number of aryl methyl sites for hydroxylation is 2. The second kappa shape index (κ2) is 5.70. The van der Waals surface area contributed by atoms with Crippen LogP contribution in [0.25, 0.3) is 0 Å². The zero-order valence-corrected chi connectivity index (χ0v) is 9.51. The number of nitrogen functional groups attached to an aromatic ring is 2. The number of hydrogen-bond donors (Lipinski definition) is 2. The van der Waals surface area contributed by atoms with Gasteiger partial charge in [-0.1, -0.05) is 12.1 Å². The number of pyridine rings is 2. The summed E-state index contributed by atoms with van der Waals surface area (Å²) in [7, 11) is 0. The Balaban J connectivity index is 0.000000160. The number of aromatic nitrogens is 2. The van der Waals surface area contributed by atoms with Gasteiger partial charge in [0.15, 0.2) is 0 Å². The Hall–Kier alpha value is -2.10. The average molecular weight is 216 g/mol. The summed E-state index contributed by atoms with van der Waals surface area (Å²) in [5.41, 5.74) is 12.6. The molecule has 4 heteroatoms. The molecule has 0 bridgehead atoms. The van der Waals surface area contributed by atoms with Crippen molar-refractivity contribution in [3.05, 3.63) is 47.8 Å². The van der Waals surface area contributed by atoms with Crippen LogP contribution in [0, 0.1) is 13.8 Å². The van der Waals surface area contributed by atoms with Crippen molar-refractivity contribution in [3.8, 4) is 0 Å². The minimum absolute atomic E-state index is 0.588. The maximum atomic E-state index is 5.35. The second-order valence-corrected chi connectivity index (χ2v) is 3.41. The number of nitrogens with two attached hydrogens (primary N) is 2. The molecule has 4 nitrogen and oxygen atoms in total. The van der Waals surface area contributed by atoms with Gasteiger partial charge in [-0.3, -0.25) is 0 Å². The van der Waals surface area contributed by atoms with Crippen LogP contribution in [0.15, 0.2) is 36.4 Å². The van der Waals surface area contributed by atoms with Crippen LogP contribution in [-0.4, -0.2) is 9.97 Å². The lowest BCUT2D eigenvalue weighted by atomic mass is 10.4. The first-order valence-corrected chi connectivity index (χ1v) is 4.96. The van der Waals surface area contributed by atoms with Gasteiger partial charge in [0.05, 0.1) is 0 Å². The molecular formula is C12H16N4. The molecule has 0 saturated carbocycles. The smallest absolute Gasteiger partial charge is 0.123 e.